The zero-order valence-electron chi connectivity index (χ0n) is 12.6. The molecule has 1 aromatic carbocycles. The van der Waals surface area contributed by atoms with E-state index in [1.54, 1.807) is 22.0 Å². The van der Waals surface area contributed by atoms with Crippen molar-refractivity contribution in [1.82, 2.24) is 19.7 Å². The van der Waals surface area contributed by atoms with Gasteiger partial charge in [-0.3, -0.25) is 9.59 Å². The Hall–Kier alpha value is -2.70. The van der Waals surface area contributed by atoms with Gasteiger partial charge in [0.15, 0.2) is 0 Å². The van der Waals surface area contributed by atoms with Crippen molar-refractivity contribution in [2.24, 2.45) is 5.92 Å². The molecule has 1 N–H and O–H groups in total. The number of carbonyl (C=O) groups is 2. The third-order valence-electron chi connectivity index (χ3n) is 4.10. The second kappa shape index (κ2) is 6.60. The Labute approximate surface area is 133 Å². The van der Waals surface area contributed by atoms with Gasteiger partial charge in [0, 0.05) is 18.7 Å². The minimum absolute atomic E-state index is 0.119. The molecule has 1 aromatic heterocycles. The number of hydrogen-bond acceptors (Lipinski definition) is 4. The van der Waals surface area contributed by atoms with E-state index in [-0.39, 0.29) is 12.5 Å². The summed E-state index contributed by atoms with van der Waals surface area (Å²) >= 11 is 0. The molecule has 3 rings (SSSR count). The molecule has 1 aliphatic heterocycles. The van der Waals surface area contributed by atoms with Crippen LogP contribution in [0, 0.1) is 5.92 Å². The molecule has 0 spiro atoms. The minimum atomic E-state index is -0.835. The molecule has 0 bridgehead atoms. The number of rotatable bonds is 4. The van der Waals surface area contributed by atoms with Gasteiger partial charge < -0.3 is 10.0 Å². The van der Waals surface area contributed by atoms with Crippen molar-refractivity contribution < 1.29 is 14.7 Å². The summed E-state index contributed by atoms with van der Waals surface area (Å²) in [5, 5.41) is 13.2. The molecule has 23 heavy (non-hydrogen) atoms. The van der Waals surface area contributed by atoms with Crippen LogP contribution in [-0.4, -0.2) is 49.7 Å². The van der Waals surface area contributed by atoms with Crippen molar-refractivity contribution in [3.8, 4) is 0 Å². The van der Waals surface area contributed by atoms with E-state index in [9.17, 15) is 14.7 Å². The van der Waals surface area contributed by atoms with Crippen LogP contribution >= 0.6 is 0 Å². The maximum atomic E-state index is 12.8. The first-order chi connectivity index (χ1) is 11.1. The van der Waals surface area contributed by atoms with Crippen LogP contribution in [0.3, 0.4) is 0 Å². The molecule has 0 unspecified atom stereocenters. The van der Waals surface area contributed by atoms with Gasteiger partial charge in [0.05, 0.1) is 12.5 Å². The van der Waals surface area contributed by atoms with E-state index in [0.717, 1.165) is 5.56 Å². The Bertz CT molecular complexity index is 699. The number of likely N-dealkylation sites (tertiary alicyclic amines) is 1. The molecule has 120 valence electrons. The van der Waals surface area contributed by atoms with E-state index in [1.807, 2.05) is 18.2 Å². The fourth-order valence-electron chi connectivity index (χ4n) is 2.89. The van der Waals surface area contributed by atoms with E-state index in [1.165, 1.54) is 6.33 Å². The van der Waals surface area contributed by atoms with Crippen LogP contribution in [0.4, 0.5) is 0 Å². The van der Waals surface area contributed by atoms with Crippen molar-refractivity contribution in [3.05, 3.63) is 48.0 Å². The Balaban J connectivity index is 1.80. The zero-order chi connectivity index (χ0) is 16.2. The number of carbonyl (C=O) groups excluding carboxylic acids is 1. The summed E-state index contributed by atoms with van der Waals surface area (Å²) in [6.07, 6.45) is 4.39. The van der Waals surface area contributed by atoms with Crippen LogP contribution in [-0.2, 0) is 11.3 Å². The molecule has 2 aromatic rings. The predicted molar refractivity (Wildman–Crippen MR) is 81.8 cm³/mol. The predicted octanol–water partition coefficient (Wildman–Crippen LogP) is 1.26. The van der Waals surface area contributed by atoms with Gasteiger partial charge in [-0.05, 0) is 24.5 Å². The second-order valence-electron chi connectivity index (χ2n) is 5.68. The summed E-state index contributed by atoms with van der Waals surface area (Å²) in [6, 6.07) is 7.35. The van der Waals surface area contributed by atoms with Crippen LogP contribution in [0.5, 0.6) is 0 Å². The summed E-state index contributed by atoms with van der Waals surface area (Å²) in [5.41, 5.74) is 1.44. The number of hydrogen-bond donors (Lipinski definition) is 1. The number of piperidine rings is 1. The molecule has 0 radical (unpaired) electrons. The summed E-state index contributed by atoms with van der Waals surface area (Å²) in [6.45, 7) is 1.32. The highest BCUT2D eigenvalue weighted by Crippen LogP contribution is 2.20. The number of carboxylic acids is 1. The Morgan fingerprint density at radius 1 is 1.30 bits per heavy atom. The average molecular weight is 314 g/mol. The molecular formula is C16H18N4O3. The fourth-order valence-corrected chi connectivity index (χ4v) is 2.89. The molecule has 1 atom stereocenters. The maximum Gasteiger partial charge on any atom is 0.308 e. The highest BCUT2D eigenvalue weighted by Gasteiger charge is 2.29. The van der Waals surface area contributed by atoms with Crippen LogP contribution in [0.2, 0.25) is 0 Å². The summed E-state index contributed by atoms with van der Waals surface area (Å²) < 4.78 is 1.66. The summed E-state index contributed by atoms with van der Waals surface area (Å²) in [7, 11) is 0. The van der Waals surface area contributed by atoms with Gasteiger partial charge in [-0.25, -0.2) is 9.67 Å². The molecule has 1 amide bonds. The standard InChI is InChI=1S/C16H18N4O3/c21-15(19-7-3-5-13(8-19)16(22)23)14-6-2-1-4-12(14)9-20-11-17-10-18-20/h1-2,4,6,10-11,13H,3,5,7-9H2,(H,22,23)/t13-/m0/s1. The van der Waals surface area contributed by atoms with Crippen molar-refractivity contribution >= 4 is 11.9 Å². The molecule has 1 aliphatic rings. The fraction of sp³-hybridized carbons (Fsp3) is 0.375. The first kappa shape index (κ1) is 15.2. The average Bonchev–Trinajstić information content (AvgIpc) is 3.08. The Kier molecular flexibility index (Phi) is 4.36. The van der Waals surface area contributed by atoms with Gasteiger partial charge >= 0.3 is 5.97 Å². The van der Waals surface area contributed by atoms with E-state index >= 15 is 0 Å². The number of nitrogens with zero attached hydrogens (tertiary/aromatic N) is 4. The third-order valence-corrected chi connectivity index (χ3v) is 4.10. The molecular weight excluding hydrogens is 296 g/mol. The highest BCUT2D eigenvalue weighted by atomic mass is 16.4. The van der Waals surface area contributed by atoms with E-state index in [0.29, 0.717) is 31.5 Å². The van der Waals surface area contributed by atoms with Crippen molar-refractivity contribution in [3.63, 3.8) is 0 Å². The summed E-state index contributed by atoms with van der Waals surface area (Å²) in [5.74, 6) is -1.43. The third kappa shape index (κ3) is 3.39. The van der Waals surface area contributed by atoms with Gasteiger partial charge in [-0.2, -0.15) is 5.10 Å². The number of aliphatic carboxylic acids is 1. The van der Waals surface area contributed by atoms with Crippen LogP contribution < -0.4 is 0 Å². The van der Waals surface area contributed by atoms with Crippen LogP contribution in [0.1, 0.15) is 28.8 Å². The highest BCUT2D eigenvalue weighted by molar-refractivity contribution is 5.96. The zero-order valence-corrected chi connectivity index (χ0v) is 12.6. The molecule has 1 fully saturated rings. The molecule has 1 saturated heterocycles. The Morgan fingerprint density at radius 2 is 2.13 bits per heavy atom. The van der Waals surface area contributed by atoms with Crippen molar-refractivity contribution in [2.75, 3.05) is 13.1 Å². The number of carboxylic acid groups (broad SMARTS) is 1. The SMILES string of the molecule is O=C(O)[C@H]1CCCN(C(=O)c2ccccc2Cn2cncn2)C1. The van der Waals surface area contributed by atoms with E-state index < -0.39 is 11.9 Å². The molecule has 7 heteroatoms. The lowest BCUT2D eigenvalue weighted by Crippen LogP contribution is -2.42. The van der Waals surface area contributed by atoms with Gasteiger partial charge in [-0.1, -0.05) is 18.2 Å². The minimum Gasteiger partial charge on any atom is -0.481 e. The topological polar surface area (TPSA) is 88.3 Å². The lowest BCUT2D eigenvalue weighted by molar-refractivity contribution is -0.143. The van der Waals surface area contributed by atoms with Gasteiger partial charge in [0.1, 0.15) is 12.7 Å². The Morgan fingerprint density at radius 3 is 2.87 bits per heavy atom. The van der Waals surface area contributed by atoms with Gasteiger partial charge in [-0.15, -0.1) is 0 Å². The number of benzene rings is 1. The van der Waals surface area contributed by atoms with Crippen LogP contribution in [0.15, 0.2) is 36.9 Å². The second-order valence-corrected chi connectivity index (χ2v) is 5.68. The van der Waals surface area contributed by atoms with E-state index in [2.05, 4.69) is 10.1 Å². The van der Waals surface area contributed by atoms with Crippen molar-refractivity contribution in [2.45, 2.75) is 19.4 Å². The first-order valence-electron chi connectivity index (χ1n) is 7.57. The quantitative estimate of drug-likeness (QED) is 0.918. The lowest BCUT2D eigenvalue weighted by Gasteiger charge is -2.31. The molecule has 0 aliphatic carbocycles. The molecule has 7 nitrogen and oxygen atoms in total. The normalized spacial score (nSPS) is 17.9. The lowest BCUT2D eigenvalue weighted by atomic mass is 9.97. The van der Waals surface area contributed by atoms with Crippen molar-refractivity contribution in [1.29, 1.82) is 0 Å². The van der Waals surface area contributed by atoms with E-state index in [4.69, 9.17) is 0 Å². The first-order valence-corrected chi connectivity index (χ1v) is 7.57. The smallest absolute Gasteiger partial charge is 0.308 e. The molecule has 0 saturated carbocycles. The largest absolute Gasteiger partial charge is 0.481 e. The molecule has 2 heterocycles. The monoisotopic (exact) mass is 314 g/mol. The number of amides is 1. The van der Waals surface area contributed by atoms with Gasteiger partial charge in [0.25, 0.3) is 5.91 Å². The number of aromatic nitrogens is 3. The maximum absolute atomic E-state index is 12.8. The van der Waals surface area contributed by atoms with Crippen LogP contribution in [0.25, 0.3) is 0 Å². The summed E-state index contributed by atoms with van der Waals surface area (Å²) in [4.78, 5) is 29.5. The van der Waals surface area contributed by atoms with Gasteiger partial charge in [0.2, 0.25) is 0 Å².